The number of carbonyl (C=O) groups excluding carboxylic acids is 12. The van der Waals surface area contributed by atoms with Gasteiger partial charge in [-0.1, -0.05) is 38.2 Å². The van der Waals surface area contributed by atoms with Crippen LogP contribution in [0, 0.1) is 17.9 Å². The van der Waals surface area contributed by atoms with Crippen LogP contribution < -0.4 is 31.3 Å². The Kier molecular flexibility index (Phi) is 40.1. The number of halogens is 4. The molecule has 0 saturated carbocycles. The molecule has 1 unspecified atom stereocenters. The number of hydrogen-bond acceptors (Lipinski definition) is 26. The van der Waals surface area contributed by atoms with Gasteiger partial charge < -0.3 is 65.5 Å². The van der Waals surface area contributed by atoms with Gasteiger partial charge in [0.05, 0.1) is 100 Å². The Morgan fingerprint density at radius 2 is 0.992 bits per heavy atom. The van der Waals surface area contributed by atoms with Crippen molar-refractivity contribution in [3.05, 3.63) is 89.0 Å². The van der Waals surface area contributed by atoms with E-state index in [1.165, 1.54) is 24.5 Å². The number of likely N-dealkylation sites (N-methyl/N-ethyl adjacent to an activating group) is 2. The highest BCUT2D eigenvalue weighted by molar-refractivity contribution is 6.08. The number of amides is 10. The number of alkyl halides is 4. The van der Waals surface area contributed by atoms with E-state index in [1.807, 2.05) is 60.5 Å². The maximum atomic E-state index is 14.6. The van der Waals surface area contributed by atoms with Crippen LogP contribution in [0.5, 0.6) is 5.75 Å². The third kappa shape index (κ3) is 32.2. The molecule has 4 aromatic rings. The Labute approximate surface area is 765 Å². The fourth-order valence-corrected chi connectivity index (χ4v) is 17.5. The monoisotopic (exact) mass is 1850 g/mol. The molecule has 720 valence electrons. The molecule has 2 aromatic heterocycles. The van der Waals surface area contributed by atoms with E-state index in [1.54, 1.807) is 45.0 Å². The third-order valence-corrected chi connectivity index (χ3v) is 25.1. The molecule has 38 nitrogen and oxygen atoms in total. The average Bonchev–Trinajstić information content (AvgIpc) is 0.972. The Hall–Kier alpha value is -11.4. The fourth-order valence-electron chi connectivity index (χ4n) is 17.5. The Morgan fingerprint density at radius 3 is 1.54 bits per heavy atom. The number of nitrogens with one attached hydrogen (secondary N) is 5. The van der Waals surface area contributed by atoms with Gasteiger partial charge in [-0.2, -0.15) is 5.26 Å². The van der Waals surface area contributed by atoms with Crippen molar-refractivity contribution in [3.63, 3.8) is 0 Å². The lowest BCUT2D eigenvalue weighted by atomic mass is 10.0. The van der Waals surface area contributed by atoms with Crippen LogP contribution in [-0.4, -0.2) is 405 Å². The quantitative estimate of drug-likeness (QED) is 0.0160. The average molecular weight is 1850 g/mol. The van der Waals surface area contributed by atoms with Gasteiger partial charge >= 0.3 is 12.1 Å². The van der Waals surface area contributed by atoms with Crippen LogP contribution >= 0.6 is 0 Å². The van der Waals surface area contributed by atoms with E-state index in [0.29, 0.717) is 210 Å². The van der Waals surface area contributed by atoms with Crippen LogP contribution in [-0.2, 0) is 68.6 Å². The number of aliphatic carboxylic acids is 1. The number of ether oxygens (including phenoxy) is 3. The summed E-state index contributed by atoms with van der Waals surface area (Å²) in [5, 5.41) is 34.0. The summed E-state index contributed by atoms with van der Waals surface area (Å²) in [4.78, 5) is 201. The number of aromatic nitrogens is 2. The molecule has 0 aliphatic carbocycles. The number of likely N-dealkylation sites (tertiary alicyclic amines) is 5. The SMILES string of the molecule is [C-]#[N+][C@@H]1CC(F)(F)CN1C(=O)CNC(=O)c1ccnc2ccc(OCCCCNC(=O)CN(C)[C@@H]3CCN(C(=O)CN(CC(=O)N4CC[C@@H](N(C)CC(=O)NCCCCCc5ccc6nccc(C(=O)NCC(=O)N7CC(F)(F)C[C@H]7C#N)c6c5)C4)C4CCN(C(=O)CCCCCCCCNC(=O)CN5CCN(COC=O)CCN(COC=O)CCN(CC(=O)O)CC5)C4)C3)cc12. The number of carbonyl (C=O) groups is 13. The van der Waals surface area contributed by atoms with Crippen LogP contribution in [0.3, 0.4) is 0 Å². The van der Waals surface area contributed by atoms with Gasteiger partial charge in [-0.05, 0) is 126 Å². The second-order valence-electron chi connectivity index (χ2n) is 34.9. The van der Waals surface area contributed by atoms with Crippen molar-refractivity contribution >= 4 is 99.8 Å². The molecule has 6 aliphatic rings. The standard InChI is InChI=1S/C90H125F4N21O17/c1-96-77-46-90(93,94)60-115(77)83(123)49-103-88(129)72-22-30-98-76-20-18-70(44-74(72)76)132-42-14-13-28-100-79(119)54-105(3)67-24-32-112(51-67)85(125)57-113(68-25-33-110(52-68)81(121)16-10-6-4-5-7-11-26-101-80(120)55-106-34-35-107(58-86(126)127)37-39-109(62-131-64-117)41-40-108(38-36-106)61-130-63-116)56-84(124)111-31-23-66(50-111)104(2)53-78(118)99-27-12-8-9-15-65-17-19-75-73(43-65)71(21-29-97-75)87(128)102-48-82(122)114-59-89(91,92)45-69(114)47-95/h17-22,29-30,43-44,63-64,66-69,77H,4-16,23-28,31-42,45-46,48-62H2,2-3H3,(H,99,118)(H,100,119)(H,101,120)(H,102,128)(H,103,129)(H,126,127)/t66-,67-,68?,69+,77+/m1/s1. The fraction of sp³-hybridized carbons (Fsp3) is 0.633. The number of aryl methyl sites for hydroxylation is 1. The lowest BCUT2D eigenvalue weighted by Crippen LogP contribution is -2.50. The number of unbranched alkanes of at least 4 members (excludes halogenated alkanes) is 8. The number of fused-ring (bicyclic) bond motifs is 2. The topological polar surface area (TPSA) is 423 Å². The zero-order valence-corrected chi connectivity index (χ0v) is 75.4. The van der Waals surface area contributed by atoms with Crippen LogP contribution in [0.2, 0.25) is 0 Å². The molecule has 10 rings (SSSR count). The Balaban J connectivity index is 0.652. The summed E-state index contributed by atoms with van der Waals surface area (Å²) in [6.07, 6.45) is 11.0. The van der Waals surface area contributed by atoms with Crippen molar-refractivity contribution in [1.82, 2.24) is 95.4 Å². The van der Waals surface area contributed by atoms with E-state index < -0.39 is 92.7 Å². The normalized spacial score (nSPS) is 19.8. The predicted octanol–water partition coefficient (Wildman–Crippen LogP) is 2.30. The van der Waals surface area contributed by atoms with Gasteiger partial charge in [0.25, 0.3) is 36.6 Å². The van der Waals surface area contributed by atoms with E-state index >= 15 is 0 Å². The predicted molar refractivity (Wildman–Crippen MR) is 474 cm³/mol. The van der Waals surface area contributed by atoms with Gasteiger partial charge in [-0.15, -0.1) is 0 Å². The second-order valence-corrected chi connectivity index (χ2v) is 34.9. The zero-order chi connectivity index (χ0) is 94.7. The van der Waals surface area contributed by atoms with Gasteiger partial charge in [-0.3, -0.25) is 116 Å². The molecule has 6 fully saturated rings. The molecular weight excluding hydrogens is 1720 g/mol. The molecule has 5 atom stereocenters. The molecule has 6 aliphatic heterocycles. The maximum absolute atomic E-state index is 14.6. The molecule has 8 heterocycles. The summed E-state index contributed by atoms with van der Waals surface area (Å²) >= 11 is 0. The van der Waals surface area contributed by atoms with E-state index in [4.69, 9.17) is 20.8 Å². The van der Waals surface area contributed by atoms with Crippen molar-refractivity contribution in [3.8, 4) is 11.8 Å². The molecule has 0 bridgehead atoms. The van der Waals surface area contributed by atoms with Crippen LogP contribution in [0.1, 0.15) is 135 Å². The zero-order valence-electron chi connectivity index (χ0n) is 75.4. The lowest BCUT2D eigenvalue weighted by Gasteiger charge is -2.33. The van der Waals surface area contributed by atoms with E-state index in [9.17, 15) is 90.3 Å². The van der Waals surface area contributed by atoms with Gasteiger partial charge in [0.1, 0.15) is 31.7 Å². The lowest BCUT2D eigenvalue weighted by molar-refractivity contribution is -0.139. The number of hydrogen-bond donors (Lipinski definition) is 6. The van der Waals surface area contributed by atoms with Crippen molar-refractivity contribution in [2.24, 2.45) is 0 Å². The molecule has 6 saturated heterocycles. The first kappa shape index (κ1) is 103. The van der Waals surface area contributed by atoms with Crippen LogP contribution in [0.4, 0.5) is 17.6 Å². The molecule has 6 N–H and O–H groups in total. The number of benzene rings is 2. The van der Waals surface area contributed by atoms with Crippen LogP contribution in [0.25, 0.3) is 26.7 Å². The molecular formula is C90H125F4N21O17. The van der Waals surface area contributed by atoms with Crippen molar-refractivity contribution in [1.29, 1.82) is 5.26 Å². The van der Waals surface area contributed by atoms with Crippen molar-refractivity contribution in [2.75, 3.05) is 211 Å². The summed E-state index contributed by atoms with van der Waals surface area (Å²) in [5.74, 6) is -10.7. The minimum absolute atomic E-state index is 0.00869. The number of carboxylic acid groups (broad SMARTS) is 1. The molecule has 10 amide bonds. The highest BCUT2D eigenvalue weighted by atomic mass is 19.3. The number of pyridine rings is 2. The van der Waals surface area contributed by atoms with Crippen molar-refractivity contribution in [2.45, 2.75) is 158 Å². The Morgan fingerprint density at radius 1 is 0.530 bits per heavy atom. The van der Waals surface area contributed by atoms with Gasteiger partial charge in [0.2, 0.25) is 47.3 Å². The molecule has 0 spiro atoms. The van der Waals surface area contributed by atoms with Gasteiger partial charge in [0, 0.05) is 165 Å². The number of nitriles is 1. The smallest absolute Gasteiger partial charge is 0.317 e. The first-order valence-electron chi connectivity index (χ1n) is 45.5. The minimum Gasteiger partial charge on any atom is -0.494 e. The van der Waals surface area contributed by atoms with Gasteiger partial charge in [0.15, 0.2) is 0 Å². The van der Waals surface area contributed by atoms with Gasteiger partial charge in [-0.25, -0.2) is 24.1 Å². The summed E-state index contributed by atoms with van der Waals surface area (Å²) in [6.45, 7) is 12.2. The summed E-state index contributed by atoms with van der Waals surface area (Å²) < 4.78 is 72.1. The maximum Gasteiger partial charge on any atom is 0.317 e. The van der Waals surface area contributed by atoms with E-state index in [2.05, 4.69) is 41.4 Å². The summed E-state index contributed by atoms with van der Waals surface area (Å²) in [6, 6.07) is 13.4. The van der Waals surface area contributed by atoms with Crippen LogP contribution in [0.15, 0.2) is 60.9 Å². The number of nitrogens with zero attached hydrogens (tertiary/aromatic N) is 16. The number of carboxylic acids is 1. The summed E-state index contributed by atoms with van der Waals surface area (Å²) in [5.41, 5.74) is 2.38. The Bertz CT molecular complexity index is 4490. The largest absolute Gasteiger partial charge is 0.494 e. The summed E-state index contributed by atoms with van der Waals surface area (Å²) in [7, 11) is 3.69. The molecule has 42 heteroatoms. The molecule has 132 heavy (non-hydrogen) atoms. The minimum atomic E-state index is -3.20. The first-order valence-corrected chi connectivity index (χ1v) is 45.5. The molecule has 2 aromatic carbocycles. The van der Waals surface area contributed by atoms with E-state index in [-0.39, 0.29) is 124 Å². The van der Waals surface area contributed by atoms with E-state index in [0.717, 1.165) is 60.3 Å². The third-order valence-electron chi connectivity index (χ3n) is 25.1. The van der Waals surface area contributed by atoms with Crippen molar-refractivity contribution < 1.29 is 99.2 Å². The first-order chi connectivity index (χ1) is 63.5. The molecule has 0 radical (unpaired) electrons. The number of rotatable bonds is 48. The second kappa shape index (κ2) is 51.6. The highest BCUT2D eigenvalue weighted by Crippen LogP contribution is 2.35. The highest BCUT2D eigenvalue weighted by Gasteiger charge is 2.51.